The van der Waals surface area contributed by atoms with Gasteiger partial charge in [0.2, 0.25) is 5.91 Å². The van der Waals surface area contributed by atoms with Crippen LogP contribution in [0.1, 0.15) is 19.4 Å². The summed E-state index contributed by atoms with van der Waals surface area (Å²) in [5.74, 6) is -0.181. The van der Waals surface area contributed by atoms with Gasteiger partial charge in [0.25, 0.3) is 0 Å². The van der Waals surface area contributed by atoms with E-state index in [0.717, 1.165) is 16.5 Å². The Morgan fingerprint density at radius 2 is 2.15 bits per heavy atom. The van der Waals surface area contributed by atoms with Crippen molar-refractivity contribution < 1.29 is 4.79 Å². The second-order valence-corrected chi connectivity index (χ2v) is 5.62. The summed E-state index contributed by atoms with van der Waals surface area (Å²) in [5, 5.41) is 4.14. The first-order valence-electron chi connectivity index (χ1n) is 6.52. The lowest BCUT2D eigenvalue weighted by atomic mass is 10.0. The highest BCUT2D eigenvalue weighted by molar-refractivity contribution is 6.35. The number of fused-ring (bicyclic) bond motifs is 1. The van der Waals surface area contributed by atoms with E-state index in [0.29, 0.717) is 10.7 Å². The maximum absolute atomic E-state index is 12.1. The molecule has 1 aromatic heterocycles. The van der Waals surface area contributed by atoms with Gasteiger partial charge in [-0.05, 0) is 36.6 Å². The molecule has 0 radical (unpaired) electrons. The molecule has 0 bridgehead atoms. The van der Waals surface area contributed by atoms with Gasteiger partial charge in [-0.25, -0.2) is 0 Å². The SMILES string of the molecule is Cc1cc(Cl)c(NC(=O)C(N)C(C)C)c2cccnc12. The zero-order chi connectivity index (χ0) is 14.9. The molecule has 0 aliphatic carbocycles. The molecule has 5 heteroatoms. The largest absolute Gasteiger partial charge is 0.323 e. The maximum Gasteiger partial charge on any atom is 0.241 e. The zero-order valence-corrected chi connectivity index (χ0v) is 12.5. The summed E-state index contributed by atoms with van der Waals surface area (Å²) in [6, 6.07) is 4.93. The monoisotopic (exact) mass is 291 g/mol. The number of hydrogen-bond acceptors (Lipinski definition) is 3. The van der Waals surface area contributed by atoms with Crippen LogP contribution in [0.2, 0.25) is 5.02 Å². The molecule has 0 fully saturated rings. The van der Waals surface area contributed by atoms with Gasteiger partial charge in [-0.1, -0.05) is 25.4 Å². The number of nitrogens with two attached hydrogens (primary N) is 1. The lowest BCUT2D eigenvalue weighted by Gasteiger charge is -2.17. The van der Waals surface area contributed by atoms with Crippen LogP contribution in [0, 0.1) is 12.8 Å². The Balaban J connectivity index is 2.47. The van der Waals surface area contributed by atoms with Crippen molar-refractivity contribution in [2.75, 3.05) is 5.32 Å². The number of nitrogens with one attached hydrogen (secondary N) is 1. The minimum atomic E-state index is -0.570. The van der Waals surface area contributed by atoms with Crippen LogP contribution in [0.5, 0.6) is 0 Å². The zero-order valence-electron chi connectivity index (χ0n) is 11.8. The summed E-state index contributed by atoms with van der Waals surface area (Å²) in [7, 11) is 0. The van der Waals surface area contributed by atoms with Crippen LogP contribution in [0.25, 0.3) is 10.9 Å². The van der Waals surface area contributed by atoms with Crippen LogP contribution in [-0.4, -0.2) is 16.9 Å². The van der Waals surface area contributed by atoms with Crippen LogP contribution >= 0.6 is 11.6 Å². The van der Waals surface area contributed by atoms with Gasteiger partial charge in [-0.3, -0.25) is 9.78 Å². The van der Waals surface area contributed by atoms with Crippen molar-refractivity contribution in [3.63, 3.8) is 0 Å². The maximum atomic E-state index is 12.1. The van der Waals surface area contributed by atoms with E-state index in [9.17, 15) is 4.79 Å². The predicted octanol–water partition coefficient (Wildman–Crippen LogP) is 3.12. The van der Waals surface area contributed by atoms with Gasteiger partial charge in [0.15, 0.2) is 0 Å². The number of pyridine rings is 1. The van der Waals surface area contributed by atoms with Crippen LogP contribution in [0.3, 0.4) is 0 Å². The fraction of sp³-hybridized carbons (Fsp3) is 0.333. The van der Waals surface area contributed by atoms with Gasteiger partial charge in [0.1, 0.15) is 0 Å². The van der Waals surface area contributed by atoms with Crippen molar-refractivity contribution in [3.05, 3.63) is 35.0 Å². The normalized spacial score (nSPS) is 12.7. The van der Waals surface area contributed by atoms with Gasteiger partial charge >= 0.3 is 0 Å². The molecule has 1 amide bonds. The molecule has 2 rings (SSSR count). The number of hydrogen-bond donors (Lipinski definition) is 2. The molecule has 0 saturated carbocycles. The Hall–Kier alpha value is -1.65. The van der Waals surface area contributed by atoms with Crippen molar-refractivity contribution >= 4 is 34.1 Å². The quantitative estimate of drug-likeness (QED) is 0.913. The summed E-state index contributed by atoms with van der Waals surface area (Å²) in [5.41, 5.74) is 8.23. The van der Waals surface area contributed by atoms with Gasteiger partial charge in [0, 0.05) is 11.6 Å². The number of carbonyl (C=O) groups is 1. The lowest BCUT2D eigenvalue weighted by Crippen LogP contribution is -2.39. The molecule has 0 aliphatic rings. The Labute approximate surface area is 123 Å². The number of halogens is 1. The number of amides is 1. The first-order chi connectivity index (χ1) is 9.41. The van der Waals surface area contributed by atoms with Crippen molar-refractivity contribution in [1.82, 2.24) is 4.98 Å². The molecule has 0 spiro atoms. The number of anilines is 1. The first kappa shape index (κ1) is 14.8. The Morgan fingerprint density at radius 3 is 2.80 bits per heavy atom. The van der Waals surface area contributed by atoms with Crippen molar-refractivity contribution in [2.24, 2.45) is 11.7 Å². The second kappa shape index (κ2) is 5.77. The molecule has 20 heavy (non-hydrogen) atoms. The van der Waals surface area contributed by atoms with Crippen LogP contribution in [0.15, 0.2) is 24.4 Å². The summed E-state index contributed by atoms with van der Waals surface area (Å²) in [6.07, 6.45) is 1.72. The molecule has 3 N–H and O–H groups in total. The Kier molecular flexibility index (Phi) is 4.26. The third-order valence-electron chi connectivity index (χ3n) is 3.30. The molecular formula is C15H18ClN3O. The summed E-state index contributed by atoms with van der Waals surface area (Å²) >= 11 is 6.25. The Morgan fingerprint density at radius 1 is 1.45 bits per heavy atom. The molecule has 1 unspecified atom stereocenters. The second-order valence-electron chi connectivity index (χ2n) is 5.21. The summed E-state index contributed by atoms with van der Waals surface area (Å²) < 4.78 is 0. The van der Waals surface area contributed by atoms with Gasteiger partial charge in [0.05, 0.1) is 22.3 Å². The number of aryl methyl sites for hydroxylation is 1. The fourth-order valence-electron chi connectivity index (χ4n) is 2.02. The molecule has 1 heterocycles. The van der Waals surface area contributed by atoms with E-state index < -0.39 is 6.04 Å². The molecule has 1 atom stereocenters. The molecule has 0 saturated heterocycles. The van der Waals surface area contributed by atoms with Gasteiger partial charge in [-0.2, -0.15) is 0 Å². The molecule has 106 valence electrons. The topological polar surface area (TPSA) is 68.0 Å². The lowest BCUT2D eigenvalue weighted by molar-refractivity contribution is -0.118. The molecule has 4 nitrogen and oxygen atoms in total. The van der Waals surface area contributed by atoms with Crippen molar-refractivity contribution in [2.45, 2.75) is 26.8 Å². The van der Waals surface area contributed by atoms with Gasteiger partial charge < -0.3 is 11.1 Å². The average molecular weight is 292 g/mol. The molecule has 0 aliphatic heterocycles. The summed E-state index contributed by atoms with van der Waals surface area (Å²) in [6.45, 7) is 5.74. The summed E-state index contributed by atoms with van der Waals surface area (Å²) in [4.78, 5) is 16.4. The van der Waals surface area contributed by atoms with E-state index in [2.05, 4.69) is 10.3 Å². The highest BCUT2D eigenvalue weighted by Gasteiger charge is 2.19. The van der Waals surface area contributed by atoms with E-state index in [1.807, 2.05) is 32.9 Å². The van der Waals surface area contributed by atoms with Gasteiger partial charge in [-0.15, -0.1) is 0 Å². The highest BCUT2D eigenvalue weighted by atomic mass is 35.5. The van der Waals surface area contributed by atoms with E-state index in [1.165, 1.54) is 0 Å². The minimum absolute atomic E-state index is 0.0589. The molecule has 1 aromatic carbocycles. The number of aromatic nitrogens is 1. The van der Waals surface area contributed by atoms with E-state index in [1.54, 1.807) is 12.3 Å². The van der Waals surface area contributed by atoms with E-state index >= 15 is 0 Å². The fourth-order valence-corrected chi connectivity index (χ4v) is 2.33. The third kappa shape index (κ3) is 2.76. The highest BCUT2D eigenvalue weighted by Crippen LogP contribution is 2.32. The van der Waals surface area contributed by atoms with E-state index in [-0.39, 0.29) is 11.8 Å². The predicted molar refractivity (Wildman–Crippen MR) is 82.9 cm³/mol. The van der Waals surface area contributed by atoms with Crippen LogP contribution in [0.4, 0.5) is 5.69 Å². The standard InChI is InChI=1S/C15H18ClN3O/c1-8(2)12(17)15(20)19-14-10-5-4-6-18-13(10)9(3)7-11(14)16/h4-8,12H,17H2,1-3H3,(H,19,20). The molecule has 2 aromatic rings. The van der Waals surface area contributed by atoms with Crippen LogP contribution < -0.4 is 11.1 Å². The number of nitrogens with zero attached hydrogens (tertiary/aromatic N) is 1. The number of rotatable bonds is 3. The van der Waals surface area contributed by atoms with Crippen LogP contribution in [-0.2, 0) is 4.79 Å². The van der Waals surface area contributed by atoms with Crippen molar-refractivity contribution in [1.29, 1.82) is 0 Å². The average Bonchev–Trinajstić information content (AvgIpc) is 2.42. The third-order valence-corrected chi connectivity index (χ3v) is 3.60. The van der Waals surface area contributed by atoms with E-state index in [4.69, 9.17) is 17.3 Å². The number of benzene rings is 1. The minimum Gasteiger partial charge on any atom is -0.323 e. The smallest absolute Gasteiger partial charge is 0.241 e. The molecular weight excluding hydrogens is 274 g/mol. The Bertz CT molecular complexity index is 655. The number of carbonyl (C=O) groups excluding carboxylic acids is 1. The van der Waals surface area contributed by atoms with Crippen molar-refractivity contribution in [3.8, 4) is 0 Å². The first-order valence-corrected chi connectivity index (χ1v) is 6.90.